The van der Waals surface area contributed by atoms with E-state index in [1.807, 2.05) is 24.3 Å². The quantitative estimate of drug-likeness (QED) is 0.848. The van der Waals surface area contributed by atoms with Crippen molar-refractivity contribution in [2.24, 2.45) is 0 Å². The second-order valence-electron chi connectivity index (χ2n) is 4.80. The fraction of sp³-hybridized carbons (Fsp3) is 0.467. The van der Waals surface area contributed by atoms with Gasteiger partial charge < -0.3 is 20.3 Å². The molecule has 0 aromatic heterocycles. The van der Waals surface area contributed by atoms with E-state index in [0.717, 1.165) is 24.5 Å². The molecule has 1 heterocycles. The molecule has 114 valence electrons. The molecule has 0 atom stereocenters. The summed E-state index contributed by atoms with van der Waals surface area (Å²) >= 11 is 0. The number of amides is 2. The maximum Gasteiger partial charge on any atom is 0.243 e. The van der Waals surface area contributed by atoms with Gasteiger partial charge in [-0.1, -0.05) is 19.1 Å². The third-order valence-corrected chi connectivity index (χ3v) is 3.30. The molecule has 0 aliphatic carbocycles. The first kappa shape index (κ1) is 15.3. The van der Waals surface area contributed by atoms with Crippen LogP contribution in [0.25, 0.3) is 0 Å². The molecule has 0 bridgehead atoms. The zero-order chi connectivity index (χ0) is 15.1. The van der Waals surface area contributed by atoms with Gasteiger partial charge in [0.15, 0.2) is 0 Å². The van der Waals surface area contributed by atoms with Crippen LogP contribution in [0.4, 0.5) is 11.4 Å². The van der Waals surface area contributed by atoms with Gasteiger partial charge in [-0.2, -0.15) is 0 Å². The number of ether oxygens (including phenoxy) is 1. The second kappa shape index (κ2) is 7.64. The van der Waals surface area contributed by atoms with Gasteiger partial charge in [0.1, 0.15) is 0 Å². The van der Waals surface area contributed by atoms with Crippen LogP contribution in [0.2, 0.25) is 0 Å². The van der Waals surface area contributed by atoms with E-state index in [2.05, 4.69) is 15.5 Å². The van der Waals surface area contributed by atoms with E-state index in [4.69, 9.17) is 4.74 Å². The number of anilines is 2. The Labute approximate surface area is 124 Å². The Morgan fingerprint density at radius 1 is 1.19 bits per heavy atom. The molecule has 1 aromatic carbocycles. The van der Waals surface area contributed by atoms with Gasteiger partial charge in [-0.05, 0) is 12.1 Å². The number of carbonyl (C=O) groups is 2. The summed E-state index contributed by atoms with van der Waals surface area (Å²) in [7, 11) is 0. The molecule has 2 rings (SSSR count). The molecule has 0 saturated carbocycles. The topological polar surface area (TPSA) is 70.7 Å². The van der Waals surface area contributed by atoms with E-state index >= 15 is 0 Å². The normalized spacial score (nSPS) is 14.6. The van der Waals surface area contributed by atoms with Gasteiger partial charge >= 0.3 is 0 Å². The average molecular weight is 291 g/mol. The van der Waals surface area contributed by atoms with Gasteiger partial charge in [0.2, 0.25) is 11.8 Å². The number of hydrogen-bond donors (Lipinski definition) is 2. The highest BCUT2D eigenvalue weighted by molar-refractivity contribution is 5.97. The van der Waals surface area contributed by atoms with E-state index in [1.54, 1.807) is 6.92 Å². The molecule has 6 heteroatoms. The van der Waals surface area contributed by atoms with Crippen molar-refractivity contribution in [1.82, 2.24) is 5.32 Å². The summed E-state index contributed by atoms with van der Waals surface area (Å²) in [5.74, 6) is -0.357. The molecule has 21 heavy (non-hydrogen) atoms. The molecule has 1 aromatic rings. The maximum atomic E-state index is 11.9. The molecule has 0 radical (unpaired) electrons. The maximum absolute atomic E-state index is 11.9. The highest BCUT2D eigenvalue weighted by atomic mass is 16.5. The van der Waals surface area contributed by atoms with Gasteiger partial charge in [-0.3, -0.25) is 9.59 Å². The Kier molecular flexibility index (Phi) is 5.57. The molecular weight excluding hydrogens is 270 g/mol. The minimum absolute atomic E-state index is 0.00980. The summed E-state index contributed by atoms with van der Waals surface area (Å²) in [6.45, 7) is 4.73. The molecule has 0 spiro atoms. The zero-order valence-electron chi connectivity index (χ0n) is 12.2. The molecule has 0 unspecified atom stereocenters. The number of morpholine rings is 1. The number of nitrogens with one attached hydrogen (secondary N) is 2. The Morgan fingerprint density at radius 3 is 2.62 bits per heavy atom. The summed E-state index contributed by atoms with van der Waals surface area (Å²) in [6.07, 6.45) is 0.373. The van der Waals surface area contributed by atoms with Crippen molar-refractivity contribution in [2.45, 2.75) is 13.3 Å². The number of carbonyl (C=O) groups excluding carboxylic acids is 2. The Bertz CT molecular complexity index is 499. The predicted octanol–water partition coefficient (Wildman–Crippen LogP) is 0.988. The van der Waals surface area contributed by atoms with Crippen LogP contribution in [0.5, 0.6) is 0 Å². The average Bonchev–Trinajstić information content (AvgIpc) is 2.54. The summed E-state index contributed by atoms with van der Waals surface area (Å²) in [6, 6.07) is 7.67. The smallest absolute Gasteiger partial charge is 0.243 e. The van der Waals surface area contributed by atoms with E-state index in [0.29, 0.717) is 19.6 Å². The first-order valence-corrected chi connectivity index (χ1v) is 7.19. The lowest BCUT2D eigenvalue weighted by molar-refractivity contribution is -0.123. The number of nitrogens with zero attached hydrogens (tertiary/aromatic N) is 1. The Morgan fingerprint density at radius 2 is 1.90 bits per heavy atom. The first-order valence-electron chi connectivity index (χ1n) is 7.19. The molecule has 1 fully saturated rings. The van der Waals surface area contributed by atoms with Crippen LogP contribution in [-0.2, 0) is 14.3 Å². The van der Waals surface area contributed by atoms with Crippen LogP contribution in [0.3, 0.4) is 0 Å². The van der Waals surface area contributed by atoms with Crippen LogP contribution in [0.15, 0.2) is 24.3 Å². The van der Waals surface area contributed by atoms with Crippen molar-refractivity contribution in [1.29, 1.82) is 0 Å². The van der Waals surface area contributed by atoms with Gasteiger partial charge in [0, 0.05) is 19.5 Å². The van der Waals surface area contributed by atoms with Crippen molar-refractivity contribution >= 4 is 23.2 Å². The van der Waals surface area contributed by atoms with E-state index < -0.39 is 0 Å². The van der Waals surface area contributed by atoms with Crippen molar-refractivity contribution in [3.63, 3.8) is 0 Å². The van der Waals surface area contributed by atoms with Gasteiger partial charge in [-0.15, -0.1) is 0 Å². The number of benzene rings is 1. The van der Waals surface area contributed by atoms with Crippen LogP contribution >= 0.6 is 0 Å². The number of rotatable bonds is 5. The Balaban J connectivity index is 1.99. The largest absolute Gasteiger partial charge is 0.378 e. The second-order valence-corrected chi connectivity index (χ2v) is 4.80. The zero-order valence-corrected chi connectivity index (χ0v) is 12.2. The van der Waals surface area contributed by atoms with Crippen LogP contribution in [0, 0.1) is 0 Å². The fourth-order valence-electron chi connectivity index (χ4n) is 2.16. The van der Waals surface area contributed by atoms with Gasteiger partial charge in [-0.25, -0.2) is 0 Å². The monoisotopic (exact) mass is 291 g/mol. The van der Waals surface area contributed by atoms with Crippen molar-refractivity contribution in [2.75, 3.05) is 43.1 Å². The minimum atomic E-state index is -0.225. The summed E-state index contributed by atoms with van der Waals surface area (Å²) < 4.78 is 5.34. The van der Waals surface area contributed by atoms with E-state index in [1.165, 1.54) is 0 Å². The third-order valence-electron chi connectivity index (χ3n) is 3.30. The minimum Gasteiger partial charge on any atom is -0.378 e. The van der Waals surface area contributed by atoms with Crippen molar-refractivity contribution in [3.8, 4) is 0 Å². The van der Waals surface area contributed by atoms with E-state index in [9.17, 15) is 9.59 Å². The highest BCUT2D eigenvalue weighted by Gasteiger charge is 2.15. The first-order chi connectivity index (χ1) is 10.2. The predicted molar refractivity (Wildman–Crippen MR) is 81.4 cm³/mol. The molecule has 2 N–H and O–H groups in total. The number of para-hydroxylation sites is 2. The highest BCUT2D eigenvalue weighted by Crippen LogP contribution is 2.26. The Hall–Kier alpha value is -2.08. The summed E-state index contributed by atoms with van der Waals surface area (Å²) in [4.78, 5) is 25.3. The van der Waals surface area contributed by atoms with Crippen LogP contribution in [-0.4, -0.2) is 44.7 Å². The molecule has 1 saturated heterocycles. The fourth-order valence-corrected chi connectivity index (χ4v) is 2.16. The molecule has 1 aliphatic rings. The standard InChI is InChI=1S/C15H21N3O3/c1-2-14(19)16-11-15(20)17-12-5-3-4-6-13(12)18-7-9-21-10-8-18/h3-6H,2,7-11H2,1H3,(H,16,19)(H,17,20). The lowest BCUT2D eigenvalue weighted by Crippen LogP contribution is -2.37. The van der Waals surface area contributed by atoms with Gasteiger partial charge in [0.25, 0.3) is 0 Å². The van der Waals surface area contributed by atoms with Crippen molar-refractivity contribution in [3.05, 3.63) is 24.3 Å². The molecule has 2 amide bonds. The molecule has 6 nitrogen and oxygen atoms in total. The number of hydrogen-bond acceptors (Lipinski definition) is 4. The third kappa shape index (κ3) is 4.46. The molecular formula is C15H21N3O3. The molecule has 1 aliphatic heterocycles. The van der Waals surface area contributed by atoms with Crippen molar-refractivity contribution < 1.29 is 14.3 Å². The lowest BCUT2D eigenvalue weighted by Gasteiger charge is -2.30. The van der Waals surface area contributed by atoms with Crippen LogP contribution < -0.4 is 15.5 Å². The van der Waals surface area contributed by atoms with Crippen LogP contribution in [0.1, 0.15) is 13.3 Å². The SMILES string of the molecule is CCC(=O)NCC(=O)Nc1ccccc1N1CCOCC1. The van der Waals surface area contributed by atoms with Gasteiger partial charge in [0.05, 0.1) is 31.1 Å². The van der Waals surface area contributed by atoms with E-state index in [-0.39, 0.29) is 18.4 Å². The summed E-state index contributed by atoms with van der Waals surface area (Å²) in [5.41, 5.74) is 1.74. The summed E-state index contributed by atoms with van der Waals surface area (Å²) in [5, 5.41) is 5.42. The lowest BCUT2D eigenvalue weighted by atomic mass is 10.2.